The molecule has 0 fully saturated rings. The zero-order valence-electron chi connectivity index (χ0n) is 15.4. The minimum absolute atomic E-state index is 0.113. The highest BCUT2D eigenvalue weighted by molar-refractivity contribution is 14.1. The Morgan fingerprint density at radius 2 is 1.90 bits per heavy atom. The third kappa shape index (κ3) is 3.85. The van der Waals surface area contributed by atoms with Crippen LogP contribution in [0, 0.1) is 14.9 Å². The molecule has 0 atom stereocenters. The van der Waals surface area contributed by atoms with E-state index in [-0.39, 0.29) is 11.3 Å². The SMILES string of the molecule is N#Cc1cn[nH]c1NNc1c(O)c(C(=O)Nc2ccc(I)cc2)cc2ccccc12. The van der Waals surface area contributed by atoms with Gasteiger partial charge < -0.3 is 10.4 Å². The number of hydrogen-bond donors (Lipinski definition) is 5. The average molecular weight is 510 g/mol. The first-order valence-corrected chi connectivity index (χ1v) is 9.92. The predicted molar refractivity (Wildman–Crippen MR) is 123 cm³/mol. The van der Waals surface area contributed by atoms with Gasteiger partial charge in [-0.05, 0) is 58.3 Å². The molecule has 0 spiro atoms. The summed E-state index contributed by atoms with van der Waals surface area (Å²) in [5, 5.41) is 30.7. The van der Waals surface area contributed by atoms with Gasteiger partial charge in [0.15, 0.2) is 11.6 Å². The van der Waals surface area contributed by atoms with Crippen molar-refractivity contribution in [3.05, 3.63) is 75.5 Å². The summed E-state index contributed by atoms with van der Waals surface area (Å²) >= 11 is 2.18. The van der Waals surface area contributed by atoms with Crippen molar-refractivity contribution in [2.45, 2.75) is 0 Å². The Morgan fingerprint density at radius 3 is 2.67 bits per heavy atom. The maximum Gasteiger partial charge on any atom is 0.259 e. The molecule has 0 saturated heterocycles. The summed E-state index contributed by atoms with van der Waals surface area (Å²) in [7, 11) is 0. The molecule has 1 aromatic heterocycles. The van der Waals surface area contributed by atoms with Gasteiger partial charge in [0, 0.05) is 14.6 Å². The number of nitrogens with zero attached hydrogens (tertiary/aromatic N) is 2. The highest BCUT2D eigenvalue weighted by Gasteiger charge is 2.19. The van der Waals surface area contributed by atoms with E-state index in [2.05, 4.69) is 49.0 Å². The van der Waals surface area contributed by atoms with Crippen molar-refractivity contribution in [1.29, 1.82) is 5.26 Å². The van der Waals surface area contributed by atoms with Crippen molar-refractivity contribution >= 4 is 56.5 Å². The third-order valence-electron chi connectivity index (χ3n) is 4.44. The fraction of sp³-hybridized carbons (Fsp3) is 0. The van der Waals surface area contributed by atoms with Crippen molar-refractivity contribution in [2.24, 2.45) is 0 Å². The van der Waals surface area contributed by atoms with Crippen molar-refractivity contribution in [2.75, 3.05) is 16.2 Å². The summed E-state index contributed by atoms with van der Waals surface area (Å²) in [5.74, 6) is -0.321. The zero-order chi connectivity index (χ0) is 21.1. The number of nitriles is 1. The number of H-pyrrole nitrogens is 1. The lowest BCUT2D eigenvalue weighted by atomic mass is 10.0. The number of halogens is 1. The van der Waals surface area contributed by atoms with Crippen LogP contribution in [0.1, 0.15) is 15.9 Å². The third-order valence-corrected chi connectivity index (χ3v) is 5.16. The largest absolute Gasteiger partial charge is 0.505 e. The summed E-state index contributed by atoms with van der Waals surface area (Å²) in [5.41, 5.74) is 7.07. The number of hydrogen-bond acceptors (Lipinski definition) is 6. The Labute approximate surface area is 185 Å². The predicted octanol–water partition coefficient (Wildman–Crippen LogP) is 4.44. The number of rotatable bonds is 5. The number of nitrogens with one attached hydrogen (secondary N) is 4. The Kier molecular flexibility index (Phi) is 5.40. The van der Waals surface area contributed by atoms with Gasteiger partial charge >= 0.3 is 0 Å². The van der Waals surface area contributed by atoms with Crippen molar-refractivity contribution < 1.29 is 9.90 Å². The molecule has 4 aromatic rings. The van der Waals surface area contributed by atoms with Gasteiger partial charge in [-0.2, -0.15) is 10.4 Å². The number of aromatic hydroxyl groups is 1. The summed E-state index contributed by atoms with van der Waals surface area (Å²) in [6.45, 7) is 0. The topological polar surface area (TPSA) is 126 Å². The van der Waals surface area contributed by atoms with Gasteiger partial charge in [-0.3, -0.25) is 20.7 Å². The van der Waals surface area contributed by atoms with Gasteiger partial charge in [0.25, 0.3) is 5.91 Å². The number of amides is 1. The lowest BCUT2D eigenvalue weighted by Gasteiger charge is -2.16. The first-order chi connectivity index (χ1) is 14.6. The van der Waals surface area contributed by atoms with Crippen LogP contribution >= 0.6 is 22.6 Å². The number of aromatic nitrogens is 2. The molecule has 4 rings (SSSR count). The Hall–Kier alpha value is -3.78. The number of benzene rings is 3. The average Bonchev–Trinajstić information content (AvgIpc) is 3.22. The van der Waals surface area contributed by atoms with E-state index in [0.717, 1.165) is 8.96 Å². The van der Waals surface area contributed by atoms with Crippen LogP contribution in [0.4, 0.5) is 17.2 Å². The van der Waals surface area contributed by atoms with E-state index in [4.69, 9.17) is 5.26 Å². The molecule has 0 aliphatic carbocycles. The molecule has 8 nitrogen and oxygen atoms in total. The van der Waals surface area contributed by atoms with Crippen LogP contribution in [0.3, 0.4) is 0 Å². The fourth-order valence-electron chi connectivity index (χ4n) is 2.96. The summed E-state index contributed by atoms with van der Waals surface area (Å²) in [6.07, 6.45) is 1.38. The van der Waals surface area contributed by atoms with E-state index in [1.54, 1.807) is 18.2 Å². The molecule has 3 aromatic carbocycles. The Balaban J connectivity index is 1.70. The molecule has 5 N–H and O–H groups in total. The monoisotopic (exact) mass is 510 g/mol. The van der Waals surface area contributed by atoms with Gasteiger partial charge in [0.1, 0.15) is 17.3 Å². The normalized spacial score (nSPS) is 10.4. The maximum absolute atomic E-state index is 12.9. The number of phenolic OH excluding ortho intramolecular Hbond substituents is 1. The van der Waals surface area contributed by atoms with Crippen LogP contribution < -0.4 is 16.2 Å². The molecule has 148 valence electrons. The van der Waals surface area contributed by atoms with Gasteiger partial charge in [0.05, 0.1) is 11.8 Å². The molecule has 0 bridgehead atoms. The van der Waals surface area contributed by atoms with Gasteiger partial charge in [-0.25, -0.2) is 0 Å². The second kappa shape index (κ2) is 8.30. The molecule has 1 amide bonds. The number of fused-ring (bicyclic) bond motifs is 1. The summed E-state index contributed by atoms with van der Waals surface area (Å²) in [6, 6.07) is 18.3. The number of carbonyl (C=O) groups excluding carboxylic acids is 1. The highest BCUT2D eigenvalue weighted by Crippen LogP contribution is 2.36. The second-order valence-electron chi connectivity index (χ2n) is 6.35. The van der Waals surface area contributed by atoms with E-state index < -0.39 is 5.91 Å². The number of aromatic amines is 1. The van der Waals surface area contributed by atoms with Crippen LogP contribution in [0.25, 0.3) is 10.8 Å². The maximum atomic E-state index is 12.9. The number of carbonyl (C=O) groups is 1. The summed E-state index contributed by atoms with van der Waals surface area (Å²) in [4.78, 5) is 12.9. The number of hydrazine groups is 1. The highest BCUT2D eigenvalue weighted by atomic mass is 127. The van der Waals surface area contributed by atoms with Crippen LogP contribution in [-0.4, -0.2) is 21.2 Å². The number of anilines is 3. The van der Waals surface area contributed by atoms with Gasteiger partial charge in [0.2, 0.25) is 0 Å². The fourth-order valence-corrected chi connectivity index (χ4v) is 3.32. The lowest BCUT2D eigenvalue weighted by molar-refractivity contribution is 0.102. The molecule has 0 radical (unpaired) electrons. The van der Waals surface area contributed by atoms with Crippen LogP contribution in [0.15, 0.2) is 60.8 Å². The molecule has 0 aliphatic rings. The van der Waals surface area contributed by atoms with Crippen molar-refractivity contribution in [3.63, 3.8) is 0 Å². The van der Waals surface area contributed by atoms with E-state index >= 15 is 0 Å². The first-order valence-electron chi connectivity index (χ1n) is 8.84. The molecule has 30 heavy (non-hydrogen) atoms. The Morgan fingerprint density at radius 1 is 1.13 bits per heavy atom. The zero-order valence-corrected chi connectivity index (χ0v) is 17.6. The lowest BCUT2D eigenvalue weighted by Crippen LogP contribution is -2.15. The summed E-state index contributed by atoms with van der Waals surface area (Å²) < 4.78 is 1.05. The molecule has 9 heteroatoms. The van der Waals surface area contributed by atoms with E-state index in [1.807, 2.05) is 42.5 Å². The van der Waals surface area contributed by atoms with Crippen molar-refractivity contribution in [3.8, 4) is 11.8 Å². The van der Waals surface area contributed by atoms with Crippen molar-refractivity contribution in [1.82, 2.24) is 10.2 Å². The Bertz CT molecular complexity index is 1280. The molecule has 1 heterocycles. The smallest absolute Gasteiger partial charge is 0.259 e. The number of phenols is 1. The van der Waals surface area contributed by atoms with E-state index in [1.165, 1.54) is 6.20 Å². The molecular formula is C21H15IN6O2. The first kappa shape index (κ1) is 19.5. The standard InChI is InChI=1S/C21H15IN6O2/c22-14-5-7-15(8-6-14)25-21(30)17-9-12-3-1-2-4-16(12)18(19(17)29)26-28-20-13(10-23)11-24-27-20/h1-9,11,26,29H,(H,25,30)(H2,24,27,28). The van der Waals surface area contributed by atoms with Crippen LogP contribution in [-0.2, 0) is 0 Å². The molecule has 0 saturated carbocycles. The molecular weight excluding hydrogens is 495 g/mol. The molecule has 0 unspecified atom stereocenters. The van der Waals surface area contributed by atoms with Gasteiger partial charge in [-0.15, -0.1) is 0 Å². The van der Waals surface area contributed by atoms with Crippen LogP contribution in [0.2, 0.25) is 0 Å². The molecule has 0 aliphatic heterocycles. The van der Waals surface area contributed by atoms with E-state index in [9.17, 15) is 9.90 Å². The van der Waals surface area contributed by atoms with Crippen LogP contribution in [0.5, 0.6) is 5.75 Å². The second-order valence-corrected chi connectivity index (χ2v) is 7.60. The minimum atomic E-state index is -0.443. The quantitative estimate of drug-likeness (QED) is 0.154. The van der Waals surface area contributed by atoms with E-state index in [0.29, 0.717) is 28.1 Å². The minimum Gasteiger partial charge on any atom is -0.505 e. The van der Waals surface area contributed by atoms with Gasteiger partial charge in [-0.1, -0.05) is 24.3 Å².